The lowest BCUT2D eigenvalue weighted by Gasteiger charge is -2.37. The zero-order valence-electron chi connectivity index (χ0n) is 15.5. The summed E-state index contributed by atoms with van der Waals surface area (Å²) in [5.74, 6) is 1.03. The van der Waals surface area contributed by atoms with E-state index in [1.807, 2.05) is 29.2 Å². The van der Waals surface area contributed by atoms with E-state index in [1.165, 1.54) is 0 Å². The molecule has 2 aromatic rings. The van der Waals surface area contributed by atoms with Crippen molar-refractivity contribution in [1.29, 1.82) is 5.26 Å². The van der Waals surface area contributed by atoms with Crippen LogP contribution in [0.4, 0.5) is 0 Å². The standard InChI is InChI=1S/C21H23N5O2/c22-12-15-6-8-17(9-7-15)28-19-13-24-25-20(19)16-4-3-11-26(14-16)21(27)18-5-1-2-10-23-18/h1-2,5-10,16,19-20,24-25H,3-4,11,13-14H2. The van der Waals surface area contributed by atoms with Gasteiger partial charge in [-0.2, -0.15) is 5.26 Å². The molecule has 0 saturated carbocycles. The van der Waals surface area contributed by atoms with Gasteiger partial charge in [-0.1, -0.05) is 6.07 Å². The Morgan fingerprint density at radius 3 is 2.86 bits per heavy atom. The Balaban J connectivity index is 1.42. The minimum atomic E-state index is -0.0390. The number of ether oxygens (including phenoxy) is 1. The fourth-order valence-corrected chi connectivity index (χ4v) is 3.96. The van der Waals surface area contributed by atoms with Crippen LogP contribution in [0.2, 0.25) is 0 Å². The van der Waals surface area contributed by atoms with Crippen LogP contribution in [0.5, 0.6) is 5.75 Å². The molecule has 7 heteroatoms. The number of carbonyl (C=O) groups excluding carboxylic acids is 1. The fraction of sp³-hybridized carbons (Fsp3) is 0.381. The number of nitrogens with zero attached hydrogens (tertiary/aromatic N) is 3. The lowest BCUT2D eigenvalue weighted by molar-refractivity contribution is 0.0590. The number of carbonyl (C=O) groups is 1. The van der Waals surface area contributed by atoms with Crippen molar-refractivity contribution in [3.63, 3.8) is 0 Å². The third kappa shape index (κ3) is 3.98. The molecule has 7 nitrogen and oxygen atoms in total. The molecule has 0 aliphatic carbocycles. The summed E-state index contributed by atoms with van der Waals surface area (Å²) in [5.41, 5.74) is 7.64. The quantitative estimate of drug-likeness (QED) is 0.843. The molecule has 1 amide bonds. The van der Waals surface area contributed by atoms with Gasteiger partial charge in [0.2, 0.25) is 0 Å². The second-order valence-corrected chi connectivity index (χ2v) is 7.21. The summed E-state index contributed by atoms with van der Waals surface area (Å²) in [5, 5.41) is 8.93. The van der Waals surface area contributed by atoms with Crippen LogP contribution in [0.25, 0.3) is 0 Å². The second kappa shape index (κ2) is 8.38. The summed E-state index contributed by atoms with van der Waals surface area (Å²) in [6.07, 6.45) is 3.62. The van der Waals surface area contributed by atoms with Gasteiger partial charge in [-0.3, -0.25) is 20.6 Å². The molecule has 0 bridgehead atoms. The molecule has 3 heterocycles. The van der Waals surface area contributed by atoms with E-state index in [9.17, 15) is 4.79 Å². The fourth-order valence-electron chi connectivity index (χ4n) is 3.96. The first-order valence-corrected chi connectivity index (χ1v) is 9.60. The highest BCUT2D eigenvalue weighted by Gasteiger charge is 2.38. The Morgan fingerprint density at radius 1 is 1.25 bits per heavy atom. The molecule has 4 rings (SSSR count). The van der Waals surface area contributed by atoms with Crippen molar-refractivity contribution in [2.24, 2.45) is 5.92 Å². The van der Waals surface area contributed by atoms with Crippen molar-refractivity contribution in [2.45, 2.75) is 25.0 Å². The first kappa shape index (κ1) is 18.4. The van der Waals surface area contributed by atoms with E-state index in [2.05, 4.69) is 21.9 Å². The molecular weight excluding hydrogens is 354 g/mol. The molecule has 3 atom stereocenters. The number of hydrazine groups is 1. The lowest BCUT2D eigenvalue weighted by Crippen LogP contribution is -2.50. The van der Waals surface area contributed by atoms with Crippen molar-refractivity contribution in [2.75, 3.05) is 19.6 Å². The van der Waals surface area contributed by atoms with Crippen LogP contribution >= 0.6 is 0 Å². The largest absolute Gasteiger partial charge is 0.487 e. The highest BCUT2D eigenvalue weighted by atomic mass is 16.5. The Hall–Kier alpha value is -2.95. The maximum atomic E-state index is 12.8. The number of rotatable bonds is 4. The zero-order valence-corrected chi connectivity index (χ0v) is 15.5. The minimum Gasteiger partial charge on any atom is -0.487 e. The molecule has 28 heavy (non-hydrogen) atoms. The topological polar surface area (TPSA) is 90.3 Å². The monoisotopic (exact) mass is 377 g/mol. The molecular formula is C21H23N5O2. The molecule has 2 aliphatic heterocycles. The number of nitrogens with one attached hydrogen (secondary N) is 2. The van der Waals surface area contributed by atoms with Crippen molar-refractivity contribution in [3.05, 3.63) is 59.9 Å². The minimum absolute atomic E-state index is 0.0131. The first-order valence-electron chi connectivity index (χ1n) is 9.60. The summed E-state index contributed by atoms with van der Waals surface area (Å²) in [4.78, 5) is 18.9. The van der Waals surface area contributed by atoms with Gasteiger partial charge in [-0.05, 0) is 55.2 Å². The first-order chi connectivity index (χ1) is 13.7. The van der Waals surface area contributed by atoms with Gasteiger partial charge in [-0.25, -0.2) is 0 Å². The van der Waals surface area contributed by atoms with Gasteiger partial charge in [0, 0.05) is 25.8 Å². The Kier molecular flexibility index (Phi) is 5.51. The second-order valence-electron chi connectivity index (χ2n) is 7.21. The van der Waals surface area contributed by atoms with Gasteiger partial charge < -0.3 is 9.64 Å². The number of benzene rings is 1. The maximum absolute atomic E-state index is 12.8. The molecule has 2 fully saturated rings. The number of aromatic nitrogens is 1. The zero-order chi connectivity index (χ0) is 19.3. The molecule has 2 saturated heterocycles. The van der Waals surface area contributed by atoms with Crippen LogP contribution < -0.4 is 15.6 Å². The lowest BCUT2D eigenvalue weighted by atomic mass is 9.88. The number of nitriles is 1. The Bertz CT molecular complexity index is 849. The molecule has 1 aromatic carbocycles. The average Bonchev–Trinajstić information content (AvgIpc) is 3.22. The molecule has 1 aromatic heterocycles. The van der Waals surface area contributed by atoms with Gasteiger partial charge in [0.1, 0.15) is 17.5 Å². The molecule has 0 radical (unpaired) electrons. The van der Waals surface area contributed by atoms with E-state index in [0.717, 1.165) is 25.1 Å². The van der Waals surface area contributed by atoms with Gasteiger partial charge in [0.05, 0.1) is 17.7 Å². The normalized spacial score (nSPS) is 24.5. The Labute approximate surface area is 164 Å². The third-order valence-electron chi connectivity index (χ3n) is 5.38. The maximum Gasteiger partial charge on any atom is 0.272 e. The average molecular weight is 377 g/mol. The smallest absolute Gasteiger partial charge is 0.272 e. The highest BCUT2D eigenvalue weighted by Crippen LogP contribution is 2.26. The van der Waals surface area contributed by atoms with E-state index in [0.29, 0.717) is 30.3 Å². The number of piperidine rings is 1. The van der Waals surface area contributed by atoms with Crippen LogP contribution in [0.1, 0.15) is 28.9 Å². The van der Waals surface area contributed by atoms with Gasteiger partial charge in [0.15, 0.2) is 0 Å². The summed E-state index contributed by atoms with van der Waals surface area (Å²) in [7, 11) is 0. The molecule has 2 aliphatic rings. The van der Waals surface area contributed by atoms with E-state index in [4.69, 9.17) is 10.00 Å². The van der Waals surface area contributed by atoms with Gasteiger partial charge in [0.25, 0.3) is 5.91 Å². The summed E-state index contributed by atoms with van der Waals surface area (Å²) >= 11 is 0. The van der Waals surface area contributed by atoms with Crippen LogP contribution in [0.15, 0.2) is 48.7 Å². The van der Waals surface area contributed by atoms with Crippen LogP contribution in [0.3, 0.4) is 0 Å². The summed E-state index contributed by atoms with van der Waals surface area (Å²) in [6.45, 7) is 2.13. The molecule has 3 unspecified atom stereocenters. The van der Waals surface area contributed by atoms with E-state index < -0.39 is 0 Å². The predicted octanol–water partition coefficient (Wildman–Crippen LogP) is 1.73. The summed E-state index contributed by atoms with van der Waals surface area (Å²) in [6, 6.07) is 14.8. The van der Waals surface area contributed by atoms with E-state index in [1.54, 1.807) is 24.4 Å². The predicted molar refractivity (Wildman–Crippen MR) is 103 cm³/mol. The van der Waals surface area contributed by atoms with Crippen molar-refractivity contribution >= 4 is 5.91 Å². The molecule has 2 N–H and O–H groups in total. The number of likely N-dealkylation sites (tertiary alicyclic amines) is 1. The number of hydrogen-bond acceptors (Lipinski definition) is 6. The Morgan fingerprint density at radius 2 is 2.11 bits per heavy atom. The van der Waals surface area contributed by atoms with Crippen LogP contribution in [-0.2, 0) is 0 Å². The van der Waals surface area contributed by atoms with E-state index in [-0.39, 0.29) is 18.1 Å². The van der Waals surface area contributed by atoms with Crippen LogP contribution in [-0.4, -0.2) is 47.6 Å². The SMILES string of the molecule is N#Cc1ccc(OC2CNNC2C2CCCN(C(=O)c3ccccn3)C2)cc1. The number of amides is 1. The van der Waals surface area contributed by atoms with E-state index >= 15 is 0 Å². The van der Waals surface area contributed by atoms with Crippen molar-refractivity contribution < 1.29 is 9.53 Å². The van der Waals surface area contributed by atoms with Crippen molar-refractivity contribution in [1.82, 2.24) is 20.7 Å². The molecule has 144 valence electrons. The van der Waals surface area contributed by atoms with Gasteiger partial charge >= 0.3 is 0 Å². The van der Waals surface area contributed by atoms with Crippen LogP contribution in [0, 0.1) is 17.2 Å². The number of hydrogen-bond donors (Lipinski definition) is 2. The van der Waals surface area contributed by atoms with Crippen molar-refractivity contribution in [3.8, 4) is 11.8 Å². The number of pyridine rings is 1. The third-order valence-corrected chi connectivity index (χ3v) is 5.38. The summed E-state index contributed by atoms with van der Waals surface area (Å²) < 4.78 is 6.17. The molecule has 0 spiro atoms. The highest BCUT2D eigenvalue weighted by molar-refractivity contribution is 5.92. The van der Waals surface area contributed by atoms with Gasteiger partial charge in [-0.15, -0.1) is 0 Å².